The summed E-state index contributed by atoms with van der Waals surface area (Å²) in [5.41, 5.74) is -0.747. The molecule has 150 valence electrons. The summed E-state index contributed by atoms with van der Waals surface area (Å²) in [5, 5.41) is 5.84. The topological polar surface area (TPSA) is 97.7 Å². The van der Waals surface area contributed by atoms with Crippen molar-refractivity contribution in [3.63, 3.8) is 0 Å². The number of ether oxygens (including phenoxy) is 1. The van der Waals surface area contributed by atoms with Crippen molar-refractivity contribution in [3.8, 4) is 11.5 Å². The van der Waals surface area contributed by atoms with Gasteiger partial charge in [-0.3, -0.25) is 0 Å². The molecule has 12 heteroatoms. The predicted octanol–water partition coefficient (Wildman–Crippen LogP) is 3.04. The molecule has 4 heterocycles. The van der Waals surface area contributed by atoms with Crippen molar-refractivity contribution in [1.29, 1.82) is 0 Å². The molecule has 0 aromatic carbocycles. The van der Waals surface area contributed by atoms with Crippen LogP contribution in [0.3, 0.4) is 0 Å². The SMILES string of the molecule is Fc1ccc(Nc2nc(NC3COC3)nc(-c3cccc(C(F)(F)F)n3)n2)cn1. The maximum atomic E-state index is 13.0. The summed E-state index contributed by atoms with van der Waals surface area (Å²) >= 11 is 0. The fourth-order valence-corrected chi connectivity index (χ4v) is 2.41. The van der Waals surface area contributed by atoms with Crippen LogP contribution >= 0.6 is 0 Å². The van der Waals surface area contributed by atoms with Gasteiger partial charge in [-0.25, -0.2) is 9.97 Å². The zero-order valence-corrected chi connectivity index (χ0v) is 14.6. The summed E-state index contributed by atoms with van der Waals surface area (Å²) in [7, 11) is 0. The first-order chi connectivity index (χ1) is 13.9. The Balaban J connectivity index is 1.70. The molecule has 0 bridgehead atoms. The summed E-state index contributed by atoms with van der Waals surface area (Å²) in [5.74, 6) is -0.552. The molecule has 3 aromatic heterocycles. The van der Waals surface area contributed by atoms with E-state index in [2.05, 4.69) is 35.6 Å². The summed E-state index contributed by atoms with van der Waals surface area (Å²) < 4.78 is 57.1. The first-order valence-electron chi connectivity index (χ1n) is 8.40. The van der Waals surface area contributed by atoms with Gasteiger partial charge in [0.05, 0.1) is 31.1 Å². The monoisotopic (exact) mass is 407 g/mol. The van der Waals surface area contributed by atoms with Crippen molar-refractivity contribution in [2.45, 2.75) is 12.2 Å². The van der Waals surface area contributed by atoms with E-state index in [4.69, 9.17) is 4.74 Å². The number of nitrogens with zero attached hydrogens (tertiary/aromatic N) is 5. The maximum absolute atomic E-state index is 13.0. The molecule has 0 radical (unpaired) electrons. The van der Waals surface area contributed by atoms with Crippen molar-refractivity contribution in [1.82, 2.24) is 24.9 Å². The second-order valence-electron chi connectivity index (χ2n) is 6.09. The number of rotatable bonds is 5. The van der Waals surface area contributed by atoms with Crippen LogP contribution in [0.2, 0.25) is 0 Å². The van der Waals surface area contributed by atoms with E-state index in [1.807, 2.05) is 0 Å². The number of halogens is 4. The molecule has 0 saturated carbocycles. The summed E-state index contributed by atoms with van der Waals surface area (Å²) in [6, 6.07) is 5.98. The zero-order valence-electron chi connectivity index (χ0n) is 14.6. The Morgan fingerprint density at radius 2 is 1.76 bits per heavy atom. The lowest BCUT2D eigenvalue weighted by atomic mass is 10.2. The van der Waals surface area contributed by atoms with E-state index in [-0.39, 0.29) is 29.5 Å². The molecule has 0 aliphatic carbocycles. The van der Waals surface area contributed by atoms with Crippen LogP contribution in [0.4, 0.5) is 35.1 Å². The first kappa shape index (κ1) is 18.9. The van der Waals surface area contributed by atoms with Gasteiger partial charge in [0.1, 0.15) is 11.4 Å². The van der Waals surface area contributed by atoms with Gasteiger partial charge in [-0.2, -0.15) is 32.5 Å². The van der Waals surface area contributed by atoms with E-state index in [1.165, 1.54) is 24.4 Å². The Morgan fingerprint density at radius 1 is 0.966 bits per heavy atom. The molecule has 1 fully saturated rings. The predicted molar refractivity (Wildman–Crippen MR) is 93.8 cm³/mol. The van der Waals surface area contributed by atoms with Gasteiger partial charge in [-0.05, 0) is 24.3 Å². The van der Waals surface area contributed by atoms with E-state index in [0.717, 1.165) is 12.1 Å². The number of nitrogens with one attached hydrogen (secondary N) is 2. The van der Waals surface area contributed by atoms with E-state index >= 15 is 0 Å². The number of hydrogen-bond acceptors (Lipinski definition) is 8. The molecule has 0 amide bonds. The van der Waals surface area contributed by atoms with Gasteiger partial charge < -0.3 is 15.4 Å². The maximum Gasteiger partial charge on any atom is 0.433 e. The third-order valence-corrected chi connectivity index (χ3v) is 3.86. The van der Waals surface area contributed by atoms with Crippen molar-refractivity contribution in [3.05, 3.63) is 48.2 Å². The first-order valence-corrected chi connectivity index (χ1v) is 8.40. The summed E-state index contributed by atoms with van der Waals surface area (Å²) in [4.78, 5) is 19.6. The molecule has 4 rings (SSSR count). The molecule has 2 N–H and O–H groups in total. The molecule has 29 heavy (non-hydrogen) atoms. The fraction of sp³-hybridized carbons (Fsp3) is 0.235. The highest BCUT2D eigenvalue weighted by atomic mass is 19.4. The summed E-state index contributed by atoms with van der Waals surface area (Å²) in [6.45, 7) is 0.904. The normalized spacial score (nSPS) is 14.3. The highest BCUT2D eigenvalue weighted by Gasteiger charge is 2.32. The lowest BCUT2D eigenvalue weighted by molar-refractivity contribution is -0.141. The number of pyridine rings is 2. The smallest absolute Gasteiger partial charge is 0.377 e. The Hall–Kier alpha value is -3.41. The van der Waals surface area contributed by atoms with Gasteiger partial charge >= 0.3 is 6.18 Å². The molecule has 0 unspecified atom stereocenters. The highest BCUT2D eigenvalue weighted by molar-refractivity contribution is 5.58. The number of anilines is 3. The molecule has 8 nitrogen and oxygen atoms in total. The fourth-order valence-electron chi connectivity index (χ4n) is 2.41. The van der Waals surface area contributed by atoms with E-state index in [9.17, 15) is 17.6 Å². The van der Waals surface area contributed by atoms with Crippen LogP contribution in [0.1, 0.15) is 5.69 Å². The Labute approximate surface area is 161 Å². The molecule has 1 aliphatic rings. The minimum atomic E-state index is -4.60. The Morgan fingerprint density at radius 3 is 2.41 bits per heavy atom. The van der Waals surface area contributed by atoms with Crippen LogP contribution in [0.25, 0.3) is 11.5 Å². The Kier molecular flexibility index (Phi) is 4.92. The zero-order chi connectivity index (χ0) is 20.4. The molecular formula is C17H13F4N7O. The standard InChI is InChI=1S/C17H13F4N7O/c18-13-5-4-9(6-22-13)23-15-26-14(27-16(28-15)24-10-7-29-8-10)11-2-1-3-12(25-11)17(19,20)21/h1-6,10H,7-8H2,(H2,23,24,26,27,28). The molecule has 1 aliphatic heterocycles. The third-order valence-electron chi connectivity index (χ3n) is 3.86. The largest absolute Gasteiger partial charge is 0.433 e. The van der Waals surface area contributed by atoms with Crippen molar-refractivity contribution in [2.75, 3.05) is 23.8 Å². The van der Waals surface area contributed by atoms with Crippen LogP contribution in [0.5, 0.6) is 0 Å². The van der Waals surface area contributed by atoms with Crippen LogP contribution < -0.4 is 10.6 Å². The van der Waals surface area contributed by atoms with Crippen LogP contribution in [-0.4, -0.2) is 44.2 Å². The summed E-state index contributed by atoms with van der Waals surface area (Å²) in [6.07, 6.45) is -3.37. The molecule has 0 atom stereocenters. The number of alkyl halides is 3. The van der Waals surface area contributed by atoms with Crippen molar-refractivity contribution < 1.29 is 22.3 Å². The lowest BCUT2D eigenvalue weighted by Crippen LogP contribution is -2.40. The average molecular weight is 407 g/mol. The van der Waals surface area contributed by atoms with Crippen LogP contribution in [-0.2, 0) is 10.9 Å². The van der Waals surface area contributed by atoms with E-state index in [1.54, 1.807) is 0 Å². The second kappa shape index (κ2) is 7.54. The van der Waals surface area contributed by atoms with Gasteiger partial charge in [0.15, 0.2) is 5.82 Å². The van der Waals surface area contributed by atoms with Gasteiger partial charge in [-0.1, -0.05) is 6.07 Å². The van der Waals surface area contributed by atoms with Gasteiger partial charge in [0.2, 0.25) is 17.8 Å². The molecule has 3 aromatic rings. The number of hydrogen-bond donors (Lipinski definition) is 2. The number of aromatic nitrogens is 5. The van der Waals surface area contributed by atoms with E-state index in [0.29, 0.717) is 18.9 Å². The highest BCUT2D eigenvalue weighted by Crippen LogP contribution is 2.29. The lowest BCUT2D eigenvalue weighted by Gasteiger charge is -2.26. The van der Waals surface area contributed by atoms with Crippen LogP contribution in [0, 0.1) is 5.95 Å². The van der Waals surface area contributed by atoms with Gasteiger partial charge in [-0.15, -0.1) is 0 Å². The minimum absolute atomic E-state index is 0.0277. The molecule has 0 spiro atoms. The van der Waals surface area contributed by atoms with Gasteiger partial charge in [0, 0.05) is 0 Å². The quantitative estimate of drug-likeness (QED) is 0.492. The van der Waals surface area contributed by atoms with E-state index < -0.39 is 17.8 Å². The second-order valence-corrected chi connectivity index (χ2v) is 6.09. The minimum Gasteiger partial charge on any atom is -0.377 e. The van der Waals surface area contributed by atoms with Crippen molar-refractivity contribution >= 4 is 17.6 Å². The Bertz CT molecular complexity index is 1010. The van der Waals surface area contributed by atoms with Crippen LogP contribution in [0.15, 0.2) is 36.5 Å². The van der Waals surface area contributed by atoms with Crippen molar-refractivity contribution in [2.24, 2.45) is 0 Å². The third kappa shape index (κ3) is 4.54. The average Bonchev–Trinajstić information content (AvgIpc) is 2.66. The molecular weight excluding hydrogens is 394 g/mol. The molecule has 1 saturated heterocycles. The van der Waals surface area contributed by atoms with Gasteiger partial charge in [0.25, 0.3) is 0 Å².